The van der Waals surface area contributed by atoms with E-state index in [1.54, 1.807) is 0 Å². The molecule has 0 aromatic rings. The lowest BCUT2D eigenvalue weighted by Crippen LogP contribution is -2.35. The quantitative estimate of drug-likeness (QED) is 0.544. The Labute approximate surface area is 61.8 Å². The number of aliphatic hydroxyl groups excluding tert-OH is 1. The average Bonchev–Trinajstić information content (AvgIpc) is 2.34. The lowest BCUT2D eigenvalue weighted by Gasteiger charge is -2.21. The predicted molar refractivity (Wildman–Crippen MR) is 40.7 cm³/mol. The van der Waals surface area contributed by atoms with Gasteiger partial charge < -0.3 is 10.8 Å². The Morgan fingerprint density at radius 2 is 2.50 bits per heavy atom. The summed E-state index contributed by atoms with van der Waals surface area (Å²) in [4.78, 5) is 2.23. The summed E-state index contributed by atoms with van der Waals surface area (Å²) in [6.45, 7) is 4.26. The number of aliphatic hydroxyl groups is 1. The van der Waals surface area contributed by atoms with Gasteiger partial charge in [-0.3, -0.25) is 4.90 Å². The van der Waals surface area contributed by atoms with Gasteiger partial charge in [0.15, 0.2) is 0 Å². The fraction of sp³-hybridized carbons (Fsp3) is 1.00. The highest BCUT2D eigenvalue weighted by molar-refractivity contribution is 4.80. The first kappa shape index (κ1) is 7.98. The molecule has 3 nitrogen and oxygen atoms in total. The van der Waals surface area contributed by atoms with Gasteiger partial charge in [0.1, 0.15) is 0 Å². The van der Waals surface area contributed by atoms with Gasteiger partial charge in [0.25, 0.3) is 0 Å². The molecule has 1 rings (SSSR count). The van der Waals surface area contributed by atoms with Gasteiger partial charge in [-0.2, -0.15) is 0 Å². The monoisotopic (exact) mass is 144 g/mol. The second-order valence-corrected chi connectivity index (χ2v) is 3.08. The Morgan fingerprint density at radius 3 is 2.90 bits per heavy atom. The van der Waals surface area contributed by atoms with Crippen LogP contribution >= 0.6 is 0 Å². The SMILES string of the molecule is CC(CO)N1CC[C@@H](N)C1. The molecule has 0 spiro atoms. The molecule has 2 atom stereocenters. The van der Waals surface area contributed by atoms with Crippen molar-refractivity contribution in [2.75, 3.05) is 19.7 Å². The molecule has 60 valence electrons. The molecule has 1 aliphatic rings. The van der Waals surface area contributed by atoms with E-state index in [0.717, 1.165) is 19.5 Å². The molecule has 1 unspecified atom stereocenters. The van der Waals surface area contributed by atoms with E-state index in [1.807, 2.05) is 6.92 Å². The minimum atomic E-state index is 0.243. The van der Waals surface area contributed by atoms with Crippen LogP contribution in [0.3, 0.4) is 0 Å². The van der Waals surface area contributed by atoms with E-state index in [2.05, 4.69) is 4.90 Å². The van der Waals surface area contributed by atoms with Crippen molar-refractivity contribution in [2.45, 2.75) is 25.4 Å². The molecule has 1 aliphatic heterocycles. The van der Waals surface area contributed by atoms with Crippen molar-refractivity contribution >= 4 is 0 Å². The van der Waals surface area contributed by atoms with Gasteiger partial charge in [0.2, 0.25) is 0 Å². The molecule has 0 bridgehead atoms. The topological polar surface area (TPSA) is 49.5 Å². The van der Waals surface area contributed by atoms with Crippen LogP contribution in [0.25, 0.3) is 0 Å². The fourth-order valence-corrected chi connectivity index (χ4v) is 1.33. The normalized spacial score (nSPS) is 30.9. The summed E-state index contributed by atoms with van der Waals surface area (Å²) >= 11 is 0. The van der Waals surface area contributed by atoms with Crippen LogP contribution in [-0.4, -0.2) is 41.8 Å². The Bertz CT molecular complexity index is 108. The predicted octanol–water partition coefficient (Wildman–Crippen LogP) is -0.600. The van der Waals surface area contributed by atoms with Crippen LogP contribution in [0.1, 0.15) is 13.3 Å². The summed E-state index contributed by atoms with van der Waals surface area (Å²) < 4.78 is 0. The highest BCUT2D eigenvalue weighted by Gasteiger charge is 2.22. The molecule has 0 radical (unpaired) electrons. The second-order valence-electron chi connectivity index (χ2n) is 3.08. The molecule has 3 heteroatoms. The van der Waals surface area contributed by atoms with E-state index in [4.69, 9.17) is 10.8 Å². The molecular formula is C7H16N2O. The van der Waals surface area contributed by atoms with E-state index >= 15 is 0 Å². The number of nitrogens with two attached hydrogens (primary N) is 1. The first-order valence-corrected chi connectivity index (χ1v) is 3.84. The van der Waals surface area contributed by atoms with Crippen LogP contribution in [0.15, 0.2) is 0 Å². The average molecular weight is 144 g/mol. The largest absolute Gasteiger partial charge is 0.395 e. The van der Waals surface area contributed by atoms with Gasteiger partial charge in [-0.1, -0.05) is 0 Å². The second kappa shape index (κ2) is 3.32. The zero-order valence-electron chi connectivity index (χ0n) is 6.45. The maximum Gasteiger partial charge on any atom is 0.0584 e. The van der Waals surface area contributed by atoms with Crippen LogP contribution in [0.5, 0.6) is 0 Å². The van der Waals surface area contributed by atoms with Crippen LogP contribution < -0.4 is 5.73 Å². The van der Waals surface area contributed by atoms with Gasteiger partial charge in [0, 0.05) is 25.2 Å². The minimum Gasteiger partial charge on any atom is -0.395 e. The summed E-state index contributed by atoms with van der Waals surface area (Å²) in [5.41, 5.74) is 5.69. The van der Waals surface area contributed by atoms with E-state index in [1.165, 1.54) is 0 Å². The third-order valence-corrected chi connectivity index (χ3v) is 2.14. The van der Waals surface area contributed by atoms with Crippen molar-refractivity contribution in [3.63, 3.8) is 0 Å². The lowest BCUT2D eigenvalue weighted by molar-refractivity contribution is 0.157. The zero-order chi connectivity index (χ0) is 7.56. The van der Waals surface area contributed by atoms with Crippen molar-refractivity contribution in [2.24, 2.45) is 5.73 Å². The Morgan fingerprint density at radius 1 is 1.80 bits per heavy atom. The van der Waals surface area contributed by atoms with Crippen molar-refractivity contribution < 1.29 is 5.11 Å². The lowest BCUT2D eigenvalue weighted by atomic mass is 10.3. The zero-order valence-corrected chi connectivity index (χ0v) is 6.45. The standard InChI is InChI=1S/C7H16N2O/c1-6(5-10)9-3-2-7(8)4-9/h6-7,10H,2-5,8H2,1H3/t6?,7-/m1/s1. The van der Waals surface area contributed by atoms with Gasteiger partial charge in [0.05, 0.1) is 6.61 Å². The Kier molecular flexibility index (Phi) is 2.65. The molecule has 3 N–H and O–H groups in total. The molecule has 0 aromatic heterocycles. The maximum atomic E-state index is 8.80. The Balaban J connectivity index is 2.29. The molecule has 1 heterocycles. The number of hydrogen-bond donors (Lipinski definition) is 2. The molecular weight excluding hydrogens is 128 g/mol. The molecule has 0 saturated carbocycles. The number of likely N-dealkylation sites (tertiary alicyclic amines) is 1. The van der Waals surface area contributed by atoms with E-state index in [9.17, 15) is 0 Å². The first-order valence-electron chi connectivity index (χ1n) is 3.84. The highest BCUT2D eigenvalue weighted by Crippen LogP contribution is 2.09. The Hall–Kier alpha value is -0.120. The van der Waals surface area contributed by atoms with Crippen molar-refractivity contribution in [1.82, 2.24) is 4.90 Å². The summed E-state index contributed by atoms with van der Waals surface area (Å²) in [7, 11) is 0. The first-order chi connectivity index (χ1) is 4.74. The van der Waals surface area contributed by atoms with E-state index < -0.39 is 0 Å². The van der Waals surface area contributed by atoms with E-state index in [0.29, 0.717) is 6.04 Å². The molecule has 1 saturated heterocycles. The van der Waals surface area contributed by atoms with Crippen LogP contribution in [0, 0.1) is 0 Å². The van der Waals surface area contributed by atoms with Crippen LogP contribution in [-0.2, 0) is 0 Å². The van der Waals surface area contributed by atoms with Gasteiger partial charge in [-0.05, 0) is 13.3 Å². The third kappa shape index (κ3) is 1.68. The van der Waals surface area contributed by atoms with Gasteiger partial charge in [-0.15, -0.1) is 0 Å². The molecule has 1 fully saturated rings. The minimum absolute atomic E-state index is 0.243. The molecule has 0 amide bonds. The van der Waals surface area contributed by atoms with Gasteiger partial charge in [-0.25, -0.2) is 0 Å². The van der Waals surface area contributed by atoms with Crippen molar-refractivity contribution in [3.05, 3.63) is 0 Å². The summed E-state index contributed by atoms with van der Waals surface area (Å²) in [5.74, 6) is 0. The smallest absolute Gasteiger partial charge is 0.0584 e. The third-order valence-electron chi connectivity index (χ3n) is 2.14. The summed E-state index contributed by atoms with van der Waals surface area (Å²) in [6.07, 6.45) is 1.07. The molecule has 0 aromatic carbocycles. The number of nitrogens with zero attached hydrogens (tertiary/aromatic N) is 1. The highest BCUT2D eigenvalue weighted by atomic mass is 16.3. The van der Waals surface area contributed by atoms with Crippen LogP contribution in [0.2, 0.25) is 0 Å². The van der Waals surface area contributed by atoms with Crippen LogP contribution in [0.4, 0.5) is 0 Å². The van der Waals surface area contributed by atoms with Gasteiger partial charge >= 0.3 is 0 Å². The summed E-state index contributed by atoms with van der Waals surface area (Å²) in [5, 5.41) is 8.80. The molecule has 0 aliphatic carbocycles. The molecule has 10 heavy (non-hydrogen) atoms. The number of hydrogen-bond acceptors (Lipinski definition) is 3. The van der Waals surface area contributed by atoms with Crippen molar-refractivity contribution in [3.8, 4) is 0 Å². The maximum absolute atomic E-state index is 8.80. The summed E-state index contributed by atoms with van der Waals surface area (Å²) in [6, 6.07) is 0.613. The van der Waals surface area contributed by atoms with Crippen molar-refractivity contribution in [1.29, 1.82) is 0 Å². The number of rotatable bonds is 2. The van der Waals surface area contributed by atoms with E-state index in [-0.39, 0.29) is 12.6 Å². The fourth-order valence-electron chi connectivity index (χ4n) is 1.33.